The number of fused-ring (bicyclic) bond motifs is 1. The largest absolute Gasteiger partial charge is 0.361 e. The Bertz CT molecular complexity index is 1030. The van der Waals surface area contributed by atoms with Crippen LogP contribution < -0.4 is 5.69 Å². The summed E-state index contributed by atoms with van der Waals surface area (Å²) in [4.78, 5) is 19.3. The molecule has 23 heavy (non-hydrogen) atoms. The van der Waals surface area contributed by atoms with E-state index in [9.17, 15) is 4.79 Å². The quantitative estimate of drug-likeness (QED) is 0.631. The predicted molar refractivity (Wildman–Crippen MR) is 86.1 cm³/mol. The summed E-state index contributed by atoms with van der Waals surface area (Å²) in [6.45, 7) is 2.17. The number of H-pyrrole nitrogens is 1. The van der Waals surface area contributed by atoms with E-state index in [1.54, 1.807) is 10.8 Å². The van der Waals surface area contributed by atoms with Gasteiger partial charge < -0.3 is 4.52 Å². The molecule has 0 aliphatic carbocycles. The van der Waals surface area contributed by atoms with Crippen molar-refractivity contribution in [2.24, 2.45) is 0 Å². The van der Waals surface area contributed by atoms with E-state index in [1.807, 2.05) is 49.4 Å². The summed E-state index contributed by atoms with van der Waals surface area (Å²) >= 11 is 0. The third-order valence-electron chi connectivity index (χ3n) is 3.73. The van der Waals surface area contributed by atoms with Crippen LogP contribution in [0.4, 0.5) is 0 Å². The lowest BCUT2D eigenvalue weighted by molar-refractivity contribution is 0.389. The fraction of sp³-hybridized carbons (Fsp3) is 0.118. The number of aryl methyl sites for hydroxylation is 1. The van der Waals surface area contributed by atoms with E-state index in [1.165, 1.54) is 0 Å². The molecule has 0 unspecified atom stereocenters. The number of rotatable bonds is 3. The summed E-state index contributed by atoms with van der Waals surface area (Å²) in [7, 11) is 0. The van der Waals surface area contributed by atoms with Crippen LogP contribution in [0, 0.1) is 6.92 Å². The third-order valence-corrected chi connectivity index (χ3v) is 3.73. The van der Waals surface area contributed by atoms with Crippen LogP contribution in [0.25, 0.3) is 22.3 Å². The number of aromatic amines is 1. The van der Waals surface area contributed by atoms with Crippen LogP contribution in [0.3, 0.4) is 0 Å². The van der Waals surface area contributed by atoms with E-state index in [-0.39, 0.29) is 5.69 Å². The van der Waals surface area contributed by atoms with Gasteiger partial charge in [0.15, 0.2) is 5.65 Å². The van der Waals surface area contributed by atoms with Gasteiger partial charge in [0.1, 0.15) is 11.5 Å². The number of hydrogen-bond donors (Lipinski definition) is 1. The molecule has 1 aromatic carbocycles. The minimum absolute atomic E-state index is 0.210. The molecule has 3 heterocycles. The third kappa shape index (κ3) is 2.44. The molecule has 3 aromatic heterocycles. The number of benzene rings is 1. The molecule has 0 spiro atoms. The van der Waals surface area contributed by atoms with Gasteiger partial charge >= 0.3 is 5.69 Å². The molecule has 0 bridgehead atoms. The van der Waals surface area contributed by atoms with Crippen molar-refractivity contribution < 1.29 is 4.52 Å². The zero-order valence-electron chi connectivity index (χ0n) is 12.5. The maximum Gasteiger partial charge on any atom is 0.328 e. The van der Waals surface area contributed by atoms with Crippen LogP contribution >= 0.6 is 0 Å². The Morgan fingerprint density at radius 1 is 1.17 bits per heavy atom. The zero-order chi connectivity index (χ0) is 15.8. The van der Waals surface area contributed by atoms with E-state index in [4.69, 9.17) is 4.52 Å². The molecule has 4 aromatic rings. The van der Waals surface area contributed by atoms with Crippen molar-refractivity contribution in [2.75, 3.05) is 0 Å². The molecule has 0 fully saturated rings. The van der Waals surface area contributed by atoms with Gasteiger partial charge in [-0.3, -0.25) is 9.55 Å². The Labute approximate surface area is 131 Å². The summed E-state index contributed by atoms with van der Waals surface area (Å²) < 4.78 is 6.68. The normalized spacial score (nSPS) is 11.2. The van der Waals surface area contributed by atoms with E-state index in [0.717, 1.165) is 22.4 Å². The number of pyridine rings is 1. The zero-order valence-corrected chi connectivity index (χ0v) is 12.5. The highest BCUT2D eigenvalue weighted by Gasteiger charge is 2.11. The minimum atomic E-state index is -0.210. The monoisotopic (exact) mass is 306 g/mol. The van der Waals surface area contributed by atoms with Crippen molar-refractivity contribution in [1.29, 1.82) is 0 Å². The van der Waals surface area contributed by atoms with E-state index < -0.39 is 0 Å². The van der Waals surface area contributed by atoms with Gasteiger partial charge in [0.2, 0.25) is 0 Å². The summed E-state index contributed by atoms with van der Waals surface area (Å²) in [6.07, 6.45) is 1.76. The highest BCUT2D eigenvalue weighted by atomic mass is 16.5. The van der Waals surface area contributed by atoms with Crippen LogP contribution in [-0.2, 0) is 6.54 Å². The van der Waals surface area contributed by atoms with Crippen LogP contribution in [0.2, 0.25) is 0 Å². The lowest BCUT2D eigenvalue weighted by atomic mass is 10.1. The molecular weight excluding hydrogens is 292 g/mol. The van der Waals surface area contributed by atoms with Gasteiger partial charge in [-0.1, -0.05) is 35.5 Å². The second-order valence-electron chi connectivity index (χ2n) is 5.40. The first kappa shape index (κ1) is 13.5. The molecule has 0 aliphatic rings. The molecule has 0 saturated heterocycles. The molecule has 1 N–H and O–H groups in total. The average molecular weight is 306 g/mol. The lowest BCUT2D eigenvalue weighted by Crippen LogP contribution is -2.17. The van der Waals surface area contributed by atoms with Crippen molar-refractivity contribution in [3.63, 3.8) is 0 Å². The first-order valence-corrected chi connectivity index (χ1v) is 7.27. The minimum Gasteiger partial charge on any atom is -0.361 e. The molecule has 4 rings (SSSR count). The number of aromatic nitrogens is 4. The standard InChI is InChI=1S/C17H14N4O2/c1-11-7-14(20-23-11)10-21-15-8-13(12-5-3-2-4-6-12)9-18-16(15)19-17(21)22/h2-9H,10H2,1H3,(H,18,19,22). The van der Waals surface area contributed by atoms with E-state index in [0.29, 0.717) is 17.9 Å². The summed E-state index contributed by atoms with van der Waals surface area (Å²) in [5.41, 5.74) is 3.82. The second-order valence-corrected chi connectivity index (χ2v) is 5.40. The van der Waals surface area contributed by atoms with Crippen molar-refractivity contribution in [1.82, 2.24) is 19.7 Å². The van der Waals surface area contributed by atoms with Crippen molar-refractivity contribution in [2.45, 2.75) is 13.5 Å². The fourth-order valence-corrected chi connectivity index (χ4v) is 2.63. The highest BCUT2D eigenvalue weighted by Crippen LogP contribution is 2.21. The Hall–Kier alpha value is -3.15. The van der Waals surface area contributed by atoms with Crippen molar-refractivity contribution in [3.05, 3.63) is 70.6 Å². The molecule has 0 saturated carbocycles. The van der Waals surface area contributed by atoms with Gasteiger partial charge in [-0.2, -0.15) is 0 Å². The lowest BCUT2D eigenvalue weighted by Gasteiger charge is -2.03. The number of hydrogen-bond acceptors (Lipinski definition) is 4. The smallest absolute Gasteiger partial charge is 0.328 e. The molecule has 6 nitrogen and oxygen atoms in total. The Morgan fingerprint density at radius 2 is 2.00 bits per heavy atom. The topological polar surface area (TPSA) is 76.7 Å². The van der Waals surface area contributed by atoms with Gasteiger partial charge in [-0.15, -0.1) is 0 Å². The highest BCUT2D eigenvalue weighted by molar-refractivity contribution is 5.78. The van der Waals surface area contributed by atoms with E-state index in [2.05, 4.69) is 15.1 Å². The molecule has 0 atom stereocenters. The molecule has 114 valence electrons. The Balaban J connectivity index is 1.83. The van der Waals surface area contributed by atoms with Gasteiger partial charge in [0.25, 0.3) is 0 Å². The summed E-state index contributed by atoms with van der Waals surface area (Å²) in [5.74, 6) is 0.719. The predicted octanol–water partition coefficient (Wildman–Crippen LogP) is 2.74. The number of imidazole rings is 1. The first-order valence-electron chi connectivity index (χ1n) is 7.27. The van der Waals surface area contributed by atoms with Crippen LogP contribution in [0.1, 0.15) is 11.5 Å². The summed E-state index contributed by atoms with van der Waals surface area (Å²) in [6, 6.07) is 13.7. The SMILES string of the molecule is Cc1cc(Cn2c(=O)[nH]c3ncc(-c4ccccc4)cc32)no1. The maximum absolute atomic E-state index is 12.2. The maximum atomic E-state index is 12.2. The molecular formula is C17H14N4O2. The summed E-state index contributed by atoms with van der Waals surface area (Å²) in [5, 5.41) is 3.95. The molecule has 6 heteroatoms. The first-order chi connectivity index (χ1) is 11.2. The second kappa shape index (κ2) is 5.24. The van der Waals surface area contributed by atoms with Gasteiger partial charge in [-0.05, 0) is 18.6 Å². The number of nitrogens with one attached hydrogen (secondary N) is 1. The van der Waals surface area contributed by atoms with Gasteiger partial charge in [-0.25, -0.2) is 9.78 Å². The van der Waals surface area contributed by atoms with Gasteiger partial charge in [0.05, 0.1) is 12.1 Å². The van der Waals surface area contributed by atoms with Crippen molar-refractivity contribution >= 4 is 11.2 Å². The van der Waals surface area contributed by atoms with Gasteiger partial charge in [0, 0.05) is 17.8 Å². The van der Waals surface area contributed by atoms with Crippen molar-refractivity contribution in [3.8, 4) is 11.1 Å². The van der Waals surface area contributed by atoms with Crippen LogP contribution in [0.15, 0.2) is 58.0 Å². The fourth-order valence-electron chi connectivity index (χ4n) is 2.63. The van der Waals surface area contributed by atoms with Crippen LogP contribution in [-0.4, -0.2) is 19.7 Å². The van der Waals surface area contributed by atoms with Crippen LogP contribution in [0.5, 0.6) is 0 Å². The average Bonchev–Trinajstić information content (AvgIpc) is 3.12. The van der Waals surface area contributed by atoms with E-state index >= 15 is 0 Å². The number of nitrogens with zero attached hydrogens (tertiary/aromatic N) is 3. The molecule has 0 radical (unpaired) electrons. The Morgan fingerprint density at radius 3 is 2.74 bits per heavy atom. The Kier molecular flexibility index (Phi) is 3.08. The molecule has 0 amide bonds. The molecule has 0 aliphatic heterocycles.